The molecule has 36 heavy (non-hydrogen) atoms. The first-order valence-electron chi connectivity index (χ1n) is 12.5. The fraction of sp³-hybridized carbons (Fsp3) is 0.444. The molecular formula is C27H33N5O4. The summed E-state index contributed by atoms with van der Waals surface area (Å²) in [5.41, 5.74) is 4.52. The Labute approximate surface area is 210 Å². The number of fused-ring (bicyclic) bond motifs is 1. The number of nitrogens with zero attached hydrogens (tertiary/aromatic N) is 3. The molecule has 3 aliphatic rings. The molecule has 5 rings (SSSR count). The molecular weight excluding hydrogens is 458 g/mol. The number of carboxylic acid groups (broad SMARTS) is 1. The van der Waals surface area contributed by atoms with Gasteiger partial charge in [-0.3, -0.25) is 14.5 Å². The van der Waals surface area contributed by atoms with Gasteiger partial charge in [-0.1, -0.05) is 0 Å². The van der Waals surface area contributed by atoms with Crippen molar-refractivity contribution in [1.82, 2.24) is 19.7 Å². The summed E-state index contributed by atoms with van der Waals surface area (Å²) in [7, 11) is 2.16. The van der Waals surface area contributed by atoms with E-state index in [0.717, 1.165) is 63.4 Å². The molecule has 0 bridgehead atoms. The van der Waals surface area contributed by atoms with Gasteiger partial charge in [-0.15, -0.1) is 0 Å². The number of nitrogens with one attached hydrogen (secondary N) is 2. The van der Waals surface area contributed by atoms with Gasteiger partial charge in [0, 0.05) is 67.9 Å². The number of aromatic carboxylic acids is 1. The van der Waals surface area contributed by atoms with Crippen LogP contribution in [-0.2, 0) is 4.79 Å². The number of carboxylic acids is 1. The maximum atomic E-state index is 13.5. The number of carbonyl (C=O) groups is 3. The maximum Gasteiger partial charge on any atom is 0.335 e. The lowest BCUT2D eigenvalue weighted by atomic mass is 9.99. The molecule has 2 fully saturated rings. The third kappa shape index (κ3) is 4.44. The summed E-state index contributed by atoms with van der Waals surface area (Å²) in [5, 5.41) is 12.1. The van der Waals surface area contributed by atoms with Gasteiger partial charge in [0.05, 0.1) is 16.7 Å². The van der Waals surface area contributed by atoms with Crippen LogP contribution in [0.1, 0.15) is 56.1 Å². The van der Waals surface area contributed by atoms with Crippen LogP contribution in [0.4, 0.5) is 5.69 Å². The number of rotatable bonds is 4. The van der Waals surface area contributed by atoms with Gasteiger partial charge in [-0.2, -0.15) is 0 Å². The van der Waals surface area contributed by atoms with Gasteiger partial charge in [-0.25, -0.2) is 4.79 Å². The van der Waals surface area contributed by atoms with Gasteiger partial charge < -0.3 is 25.2 Å². The van der Waals surface area contributed by atoms with Gasteiger partial charge in [-0.05, 0) is 63.6 Å². The Hall–Kier alpha value is -3.43. The summed E-state index contributed by atoms with van der Waals surface area (Å²) in [5.74, 6) is -1.32. The molecule has 0 aliphatic carbocycles. The SMILES string of the molecule is Cc1[nH]c(/C=C2\C(=O)Nc3ccc(C(=O)O)cc32)c(C)c1C(=O)N1CCC(N2CCN(C)CC2)CC1. The zero-order valence-corrected chi connectivity index (χ0v) is 21.1. The van der Waals surface area contributed by atoms with Crippen LogP contribution in [-0.4, -0.2) is 94.9 Å². The zero-order valence-electron chi connectivity index (χ0n) is 21.1. The van der Waals surface area contributed by atoms with E-state index in [-0.39, 0.29) is 17.4 Å². The smallest absolute Gasteiger partial charge is 0.335 e. The quantitative estimate of drug-likeness (QED) is 0.568. The summed E-state index contributed by atoms with van der Waals surface area (Å²) in [6, 6.07) is 5.11. The van der Waals surface area contributed by atoms with Crippen molar-refractivity contribution in [2.75, 3.05) is 51.6 Å². The Balaban J connectivity index is 1.34. The summed E-state index contributed by atoms with van der Waals surface area (Å²) >= 11 is 0. The lowest BCUT2D eigenvalue weighted by Crippen LogP contribution is -2.53. The highest BCUT2D eigenvalue weighted by molar-refractivity contribution is 6.35. The number of amides is 2. The third-order valence-electron chi connectivity index (χ3n) is 7.83. The number of piperidine rings is 1. The van der Waals surface area contributed by atoms with E-state index in [1.54, 1.807) is 12.1 Å². The second-order valence-electron chi connectivity index (χ2n) is 10.1. The number of aromatic amines is 1. The van der Waals surface area contributed by atoms with Crippen molar-refractivity contribution in [1.29, 1.82) is 0 Å². The van der Waals surface area contributed by atoms with Gasteiger partial charge in [0.25, 0.3) is 11.8 Å². The van der Waals surface area contributed by atoms with E-state index in [0.29, 0.717) is 34.1 Å². The van der Waals surface area contributed by atoms with Crippen LogP contribution < -0.4 is 5.32 Å². The maximum absolute atomic E-state index is 13.5. The van der Waals surface area contributed by atoms with Crippen LogP contribution in [0.2, 0.25) is 0 Å². The average Bonchev–Trinajstić information content (AvgIpc) is 3.33. The number of likely N-dealkylation sites (N-methyl/N-ethyl adjacent to an activating group) is 1. The van der Waals surface area contributed by atoms with Crippen LogP contribution in [0, 0.1) is 13.8 Å². The molecule has 2 aromatic rings. The largest absolute Gasteiger partial charge is 0.478 e. The van der Waals surface area contributed by atoms with Crippen LogP contribution >= 0.6 is 0 Å². The number of piperazine rings is 1. The lowest BCUT2D eigenvalue weighted by Gasteiger charge is -2.42. The monoisotopic (exact) mass is 491 g/mol. The molecule has 0 radical (unpaired) electrons. The highest BCUT2D eigenvalue weighted by atomic mass is 16.4. The predicted octanol–water partition coefficient (Wildman–Crippen LogP) is 2.67. The van der Waals surface area contributed by atoms with Crippen molar-refractivity contribution < 1.29 is 19.5 Å². The van der Waals surface area contributed by atoms with E-state index in [2.05, 4.69) is 27.1 Å². The number of H-pyrrole nitrogens is 1. The highest BCUT2D eigenvalue weighted by Crippen LogP contribution is 2.35. The Morgan fingerprint density at radius 3 is 2.42 bits per heavy atom. The molecule has 0 unspecified atom stereocenters. The molecule has 2 amide bonds. The van der Waals surface area contributed by atoms with Crippen molar-refractivity contribution in [2.45, 2.75) is 32.7 Å². The second kappa shape index (κ2) is 9.55. The Kier molecular flexibility index (Phi) is 6.44. The van der Waals surface area contributed by atoms with Crippen molar-refractivity contribution in [3.63, 3.8) is 0 Å². The van der Waals surface area contributed by atoms with Crippen molar-refractivity contribution >= 4 is 35.1 Å². The molecule has 0 saturated carbocycles. The molecule has 1 aromatic carbocycles. The molecule has 9 nitrogen and oxygen atoms in total. The minimum absolute atomic E-state index is 0.0205. The summed E-state index contributed by atoms with van der Waals surface area (Å²) in [6.45, 7) is 9.63. The molecule has 2 saturated heterocycles. The van der Waals surface area contributed by atoms with Crippen molar-refractivity contribution in [2.24, 2.45) is 0 Å². The number of likely N-dealkylation sites (tertiary alicyclic amines) is 1. The summed E-state index contributed by atoms with van der Waals surface area (Å²) < 4.78 is 0. The van der Waals surface area contributed by atoms with E-state index < -0.39 is 5.97 Å². The normalized spacial score (nSPS) is 20.6. The van der Waals surface area contributed by atoms with E-state index in [1.807, 2.05) is 18.7 Å². The molecule has 9 heteroatoms. The van der Waals surface area contributed by atoms with Gasteiger partial charge in [0.2, 0.25) is 0 Å². The molecule has 0 atom stereocenters. The Morgan fingerprint density at radius 2 is 1.75 bits per heavy atom. The lowest BCUT2D eigenvalue weighted by molar-refractivity contribution is -0.110. The first kappa shape index (κ1) is 24.3. The summed E-state index contributed by atoms with van der Waals surface area (Å²) in [4.78, 5) is 47.8. The third-order valence-corrected chi connectivity index (χ3v) is 7.83. The Bertz CT molecular complexity index is 1250. The molecule has 4 heterocycles. The fourth-order valence-electron chi connectivity index (χ4n) is 5.63. The first-order chi connectivity index (χ1) is 17.2. The summed E-state index contributed by atoms with van der Waals surface area (Å²) in [6.07, 6.45) is 3.68. The molecule has 1 aromatic heterocycles. The Morgan fingerprint density at radius 1 is 1.06 bits per heavy atom. The molecule has 190 valence electrons. The van der Waals surface area contributed by atoms with E-state index in [4.69, 9.17) is 0 Å². The number of anilines is 1. The minimum atomic E-state index is -1.05. The molecule has 3 aliphatic heterocycles. The van der Waals surface area contributed by atoms with E-state index in [1.165, 1.54) is 12.1 Å². The zero-order chi connectivity index (χ0) is 25.6. The minimum Gasteiger partial charge on any atom is -0.478 e. The van der Waals surface area contributed by atoms with Crippen LogP contribution in [0.15, 0.2) is 18.2 Å². The average molecular weight is 492 g/mol. The van der Waals surface area contributed by atoms with E-state index in [9.17, 15) is 19.5 Å². The highest BCUT2D eigenvalue weighted by Gasteiger charge is 2.31. The van der Waals surface area contributed by atoms with Gasteiger partial charge in [0.15, 0.2) is 0 Å². The number of hydrogen-bond acceptors (Lipinski definition) is 5. The number of aromatic nitrogens is 1. The van der Waals surface area contributed by atoms with Gasteiger partial charge >= 0.3 is 5.97 Å². The number of aryl methyl sites for hydroxylation is 1. The number of benzene rings is 1. The van der Waals surface area contributed by atoms with Crippen molar-refractivity contribution in [3.05, 3.63) is 51.8 Å². The standard InChI is InChI=1S/C27H33N5O4/c1-16-23(15-21-20-14-18(27(35)36)4-5-22(20)29-25(21)33)28-17(2)24(16)26(34)32-8-6-19(7-9-32)31-12-10-30(3)11-13-31/h4-5,14-15,19,28H,6-13H2,1-3H3,(H,29,33)(H,35,36)/b21-15-. The first-order valence-corrected chi connectivity index (χ1v) is 12.5. The second-order valence-corrected chi connectivity index (χ2v) is 10.1. The predicted molar refractivity (Wildman–Crippen MR) is 138 cm³/mol. The number of hydrogen-bond donors (Lipinski definition) is 3. The molecule has 3 N–H and O–H groups in total. The van der Waals surface area contributed by atoms with Crippen LogP contribution in [0.25, 0.3) is 11.6 Å². The van der Waals surface area contributed by atoms with Crippen molar-refractivity contribution in [3.8, 4) is 0 Å². The van der Waals surface area contributed by atoms with Crippen LogP contribution in [0.5, 0.6) is 0 Å². The van der Waals surface area contributed by atoms with Gasteiger partial charge in [0.1, 0.15) is 0 Å². The molecule has 0 spiro atoms. The fourth-order valence-corrected chi connectivity index (χ4v) is 5.63. The topological polar surface area (TPSA) is 109 Å². The number of carbonyl (C=O) groups excluding carboxylic acids is 2. The van der Waals surface area contributed by atoms with Crippen LogP contribution in [0.3, 0.4) is 0 Å². The van der Waals surface area contributed by atoms with E-state index >= 15 is 0 Å².